The summed E-state index contributed by atoms with van der Waals surface area (Å²) in [5.41, 5.74) is 0. The van der Waals surface area contributed by atoms with Crippen LogP contribution in [0.2, 0.25) is 0 Å². The highest BCUT2D eigenvalue weighted by Gasteiger charge is 1.86. The molecule has 0 bridgehead atoms. The van der Waals surface area contributed by atoms with Crippen LogP contribution >= 0.6 is 0 Å². The molecule has 0 aromatic heterocycles. The topological polar surface area (TPSA) is 29.1 Å². The number of carbonyl (C=O) groups excluding carboxylic acids is 1. The van der Waals surface area contributed by atoms with E-state index in [4.69, 9.17) is 1.37 Å². The monoisotopic (exact) mass is 88.1 g/mol. The van der Waals surface area contributed by atoms with Crippen LogP contribution < -0.4 is 5.32 Å². The minimum absolute atomic E-state index is 0.319. The van der Waals surface area contributed by atoms with E-state index >= 15 is 0 Å². The van der Waals surface area contributed by atoms with Crippen LogP contribution in [0, 0.1) is 0 Å². The molecule has 0 aliphatic rings. The molecule has 1 atom stereocenters. The molecule has 36 valence electrons. The zero-order valence-corrected chi connectivity index (χ0v) is 3.99. The van der Waals surface area contributed by atoms with Gasteiger partial charge in [-0.25, -0.2) is 0 Å². The summed E-state index contributed by atoms with van der Waals surface area (Å²) >= 11 is 0. The molecule has 0 aromatic carbocycles. The molecule has 0 rings (SSSR count). The fourth-order valence-electron chi connectivity index (χ4n) is 0.0589. The number of rotatable bonds is 2. The number of likely N-dealkylation sites (N-methyl/N-ethyl adjacent to an activating group) is 1. The summed E-state index contributed by atoms with van der Waals surface area (Å²) in [6.45, 7) is 1.65. The lowest BCUT2D eigenvalue weighted by Gasteiger charge is -1.94. The summed E-state index contributed by atoms with van der Waals surface area (Å²) in [4.78, 5) is 9.98. The molecule has 0 saturated carbocycles. The van der Waals surface area contributed by atoms with Crippen molar-refractivity contribution in [2.45, 2.75) is 13.0 Å². The van der Waals surface area contributed by atoms with Crippen LogP contribution in [0.25, 0.3) is 0 Å². The van der Waals surface area contributed by atoms with Gasteiger partial charge in [-0.05, 0) is 14.0 Å². The van der Waals surface area contributed by atoms with Crippen molar-refractivity contribution in [3.8, 4) is 0 Å². The molecule has 1 N–H and O–H groups in total. The summed E-state index contributed by atoms with van der Waals surface area (Å²) in [5, 5.41) is 2.63. The van der Waals surface area contributed by atoms with Gasteiger partial charge in [-0.3, -0.25) is 0 Å². The Morgan fingerprint density at radius 1 is 2.17 bits per heavy atom. The average molecular weight is 88.1 g/mol. The molecule has 2 heteroatoms. The van der Waals surface area contributed by atoms with Crippen molar-refractivity contribution in [1.82, 2.24) is 5.32 Å². The number of aldehydes is 1. The second kappa shape index (κ2) is 2.85. The standard InChI is InChI=1S/C4H9NO/c1-4(3-6)5-2/h3-5H,1-2H3/i3D. The highest BCUT2D eigenvalue weighted by atomic mass is 16.1. The van der Waals surface area contributed by atoms with Gasteiger partial charge in [-0.2, -0.15) is 0 Å². The van der Waals surface area contributed by atoms with E-state index in [1.165, 1.54) is 0 Å². The van der Waals surface area contributed by atoms with E-state index in [9.17, 15) is 4.79 Å². The van der Waals surface area contributed by atoms with Gasteiger partial charge in [0.05, 0.1) is 6.04 Å². The molecule has 0 spiro atoms. The Bertz CT molecular complexity index is 74.1. The van der Waals surface area contributed by atoms with E-state index in [0.717, 1.165) is 0 Å². The van der Waals surface area contributed by atoms with Crippen molar-refractivity contribution in [3.05, 3.63) is 0 Å². The average Bonchev–Trinajstić information content (AvgIpc) is 1.65. The number of hydrogen-bond acceptors (Lipinski definition) is 2. The van der Waals surface area contributed by atoms with Crippen LogP contribution in [0.1, 0.15) is 8.29 Å². The van der Waals surface area contributed by atoms with Gasteiger partial charge in [0.25, 0.3) is 0 Å². The summed E-state index contributed by atoms with van der Waals surface area (Å²) in [5.74, 6) is 0. The first-order chi connectivity index (χ1) is 3.18. The Labute approximate surface area is 39.0 Å². The van der Waals surface area contributed by atoms with Crippen molar-refractivity contribution < 1.29 is 6.17 Å². The van der Waals surface area contributed by atoms with Crippen LogP contribution in [0.3, 0.4) is 0 Å². The molecule has 0 heterocycles. The predicted octanol–water partition coefficient (Wildman–Crippen LogP) is -0.207. The fourth-order valence-corrected chi connectivity index (χ4v) is 0.0589. The molecule has 0 amide bonds. The lowest BCUT2D eigenvalue weighted by atomic mass is 10.4. The first-order valence-corrected chi connectivity index (χ1v) is 1.86. The van der Waals surface area contributed by atoms with E-state index in [-0.39, 0.29) is 6.04 Å². The summed E-state index contributed by atoms with van der Waals surface area (Å²) < 4.78 is 6.48. The van der Waals surface area contributed by atoms with Crippen molar-refractivity contribution in [1.29, 1.82) is 0 Å². The van der Waals surface area contributed by atoms with Crippen LogP contribution in [0.4, 0.5) is 0 Å². The highest BCUT2D eigenvalue weighted by Crippen LogP contribution is 1.64. The number of nitrogens with one attached hydrogen (secondary N) is 1. The van der Waals surface area contributed by atoms with E-state index in [2.05, 4.69) is 5.32 Å². The maximum absolute atomic E-state index is 9.98. The molecular weight excluding hydrogens is 78.0 g/mol. The zero-order valence-electron chi connectivity index (χ0n) is 4.99. The van der Waals surface area contributed by atoms with Gasteiger partial charge in [-0.1, -0.05) is 0 Å². The molecule has 0 aliphatic heterocycles. The highest BCUT2D eigenvalue weighted by molar-refractivity contribution is 5.56. The zero-order chi connectivity index (χ0) is 5.86. The minimum Gasteiger partial charge on any atom is -0.311 e. The smallest absolute Gasteiger partial charge is 0.136 e. The largest absolute Gasteiger partial charge is 0.311 e. The van der Waals surface area contributed by atoms with Crippen LogP contribution in [-0.2, 0) is 4.79 Å². The van der Waals surface area contributed by atoms with E-state index in [0.29, 0.717) is 0 Å². The molecule has 0 aromatic rings. The van der Waals surface area contributed by atoms with Gasteiger partial charge in [0.1, 0.15) is 7.63 Å². The Morgan fingerprint density at radius 2 is 2.67 bits per heavy atom. The van der Waals surface area contributed by atoms with E-state index in [1.54, 1.807) is 14.0 Å². The predicted molar refractivity (Wildman–Crippen MR) is 24.6 cm³/mol. The molecule has 0 aliphatic carbocycles. The first-order valence-electron chi connectivity index (χ1n) is 2.36. The van der Waals surface area contributed by atoms with Crippen LogP contribution in [0.15, 0.2) is 0 Å². The van der Waals surface area contributed by atoms with Gasteiger partial charge >= 0.3 is 0 Å². The van der Waals surface area contributed by atoms with Crippen LogP contribution in [-0.4, -0.2) is 19.4 Å². The van der Waals surface area contributed by atoms with E-state index in [1.807, 2.05) is 0 Å². The lowest BCUT2D eigenvalue weighted by Crippen LogP contribution is -2.21. The number of carbonyl (C=O) groups is 1. The molecular formula is C4H9NO. The Hall–Kier alpha value is -0.370. The van der Waals surface area contributed by atoms with Crippen LogP contribution in [0.5, 0.6) is 0 Å². The Balaban J connectivity index is 3.34. The maximum Gasteiger partial charge on any atom is 0.136 e. The SMILES string of the molecule is [2H]C(=O)C(C)NC. The molecule has 1 unspecified atom stereocenters. The van der Waals surface area contributed by atoms with Gasteiger partial charge in [0, 0.05) is 0 Å². The summed E-state index contributed by atoms with van der Waals surface area (Å²) in [7, 11) is 1.65. The Kier molecular flexibility index (Phi) is 1.81. The second-order valence-electron chi connectivity index (χ2n) is 1.13. The van der Waals surface area contributed by atoms with Crippen molar-refractivity contribution in [3.63, 3.8) is 0 Å². The second-order valence-corrected chi connectivity index (χ2v) is 1.13. The molecule has 2 nitrogen and oxygen atoms in total. The Morgan fingerprint density at radius 3 is 2.67 bits per heavy atom. The minimum atomic E-state index is -0.567. The molecule has 0 saturated heterocycles. The van der Waals surface area contributed by atoms with Crippen molar-refractivity contribution >= 4 is 6.26 Å². The molecule has 0 fully saturated rings. The third kappa shape index (κ3) is 1.91. The quantitative estimate of drug-likeness (QED) is 0.473. The van der Waals surface area contributed by atoms with Gasteiger partial charge in [-0.15, -0.1) is 0 Å². The first kappa shape index (κ1) is 3.81. The molecule has 0 radical (unpaired) electrons. The normalized spacial score (nSPS) is 16.0. The summed E-state index contributed by atoms with van der Waals surface area (Å²) in [6, 6.07) is -0.319. The van der Waals surface area contributed by atoms with Crippen molar-refractivity contribution in [2.24, 2.45) is 0 Å². The third-order valence-electron chi connectivity index (χ3n) is 0.610. The van der Waals surface area contributed by atoms with Gasteiger partial charge in [0.2, 0.25) is 0 Å². The summed E-state index contributed by atoms with van der Waals surface area (Å²) in [6.07, 6.45) is -0.567. The van der Waals surface area contributed by atoms with Gasteiger partial charge in [0.15, 0.2) is 0 Å². The molecule has 6 heavy (non-hydrogen) atoms. The third-order valence-corrected chi connectivity index (χ3v) is 0.610. The lowest BCUT2D eigenvalue weighted by molar-refractivity contribution is -0.109. The van der Waals surface area contributed by atoms with Gasteiger partial charge < -0.3 is 10.1 Å². The van der Waals surface area contributed by atoms with Crippen molar-refractivity contribution in [2.75, 3.05) is 7.05 Å². The maximum atomic E-state index is 9.98. The van der Waals surface area contributed by atoms with E-state index < -0.39 is 6.26 Å². The number of hydrogen-bond donors (Lipinski definition) is 1. The fraction of sp³-hybridized carbons (Fsp3) is 0.750.